The minimum absolute atomic E-state index is 0.325. The quantitative estimate of drug-likeness (QED) is 0.870. The molecule has 1 aliphatic rings. The van der Waals surface area contributed by atoms with E-state index in [1.807, 2.05) is 12.1 Å². The molecule has 1 aromatic rings. The van der Waals surface area contributed by atoms with Crippen molar-refractivity contribution in [2.45, 2.75) is 38.9 Å². The van der Waals surface area contributed by atoms with Gasteiger partial charge in [0.05, 0.1) is 22.9 Å². The van der Waals surface area contributed by atoms with Gasteiger partial charge in [0, 0.05) is 6.54 Å². The summed E-state index contributed by atoms with van der Waals surface area (Å²) in [5.74, 6) is 0. The van der Waals surface area contributed by atoms with Crippen LogP contribution in [0.3, 0.4) is 0 Å². The van der Waals surface area contributed by atoms with Crippen LogP contribution in [0.15, 0.2) is 18.2 Å². The highest BCUT2D eigenvalue weighted by Crippen LogP contribution is 2.26. The molecule has 0 amide bonds. The van der Waals surface area contributed by atoms with Crippen LogP contribution < -0.4 is 5.32 Å². The van der Waals surface area contributed by atoms with Gasteiger partial charge in [0.2, 0.25) is 0 Å². The summed E-state index contributed by atoms with van der Waals surface area (Å²) in [6.07, 6.45) is 3.02. The van der Waals surface area contributed by atoms with Crippen molar-refractivity contribution in [1.82, 2.24) is 0 Å². The first-order valence-electron chi connectivity index (χ1n) is 5.81. The minimum atomic E-state index is 0.325. The van der Waals surface area contributed by atoms with Gasteiger partial charge in [-0.15, -0.1) is 0 Å². The monoisotopic (exact) mass is 239 g/mol. The van der Waals surface area contributed by atoms with Crippen LogP contribution in [0.1, 0.15) is 25.3 Å². The molecule has 2 rings (SSSR count). The summed E-state index contributed by atoms with van der Waals surface area (Å²) in [5.41, 5.74) is 2.21. The highest BCUT2D eigenvalue weighted by Gasteiger charge is 2.21. The van der Waals surface area contributed by atoms with Crippen LogP contribution in [0.2, 0.25) is 5.02 Å². The van der Waals surface area contributed by atoms with E-state index in [9.17, 15) is 0 Å². The Morgan fingerprint density at radius 1 is 1.44 bits per heavy atom. The first-order chi connectivity index (χ1) is 7.66. The number of benzene rings is 1. The lowest BCUT2D eigenvalue weighted by Gasteiger charge is -2.15. The standard InChI is InChI=1S/C13H18ClNO/c1-9-4-3-5-12(14)13(9)15-8-11-7-6-10(2)16-11/h3-5,10-11,15H,6-8H2,1-2H3. The summed E-state index contributed by atoms with van der Waals surface area (Å²) in [6, 6.07) is 5.94. The normalized spacial score (nSPS) is 24.7. The molecule has 88 valence electrons. The molecule has 0 spiro atoms. The Hall–Kier alpha value is -0.730. The number of nitrogens with one attached hydrogen (secondary N) is 1. The van der Waals surface area contributed by atoms with Crippen molar-refractivity contribution in [1.29, 1.82) is 0 Å². The Kier molecular flexibility index (Phi) is 3.72. The van der Waals surface area contributed by atoms with E-state index in [4.69, 9.17) is 16.3 Å². The molecule has 1 saturated heterocycles. The summed E-state index contributed by atoms with van der Waals surface area (Å²) in [7, 11) is 0. The number of anilines is 1. The summed E-state index contributed by atoms with van der Waals surface area (Å²) >= 11 is 6.14. The van der Waals surface area contributed by atoms with Gasteiger partial charge in [0.1, 0.15) is 0 Å². The topological polar surface area (TPSA) is 21.3 Å². The number of para-hydroxylation sites is 1. The molecule has 1 heterocycles. The third-order valence-electron chi connectivity index (χ3n) is 3.05. The average Bonchev–Trinajstić information content (AvgIpc) is 2.63. The fourth-order valence-corrected chi connectivity index (χ4v) is 2.40. The van der Waals surface area contributed by atoms with Gasteiger partial charge in [-0.2, -0.15) is 0 Å². The molecule has 2 atom stereocenters. The lowest BCUT2D eigenvalue weighted by atomic mass is 10.1. The Balaban J connectivity index is 1.94. The second kappa shape index (κ2) is 5.07. The summed E-state index contributed by atoms with van der Waals surface area (Å²) < 4.78 is 5.76. The SMILES string of the molecule is Cc1cccc(Cl)c1NCC1CCC(C)O1. The van der Waals surface area contributed by atoms with Crippen molar-refractivity contribution in [3.05, 3.63) is 28.8 Å². The first kappa shape index (κ1) is 11.7. The average molecular weight is 240 g/mol. The maximum Gasteiger partial charge on any atom is 0.0751 e. The van der Waals surface area contributed by atoms with Gasteiger partial charge in [-0.1, -0.05) is 23.7 Å². The zero-order chi connectivity index (χ0) is 11.5. The molecule has 0 aliphatic carbocycles. The zero-order valence-electron chi connectivity index (χ0n) is 9.79. The van der Waals surface area contributed by atoms with Crippen LogP contribution in [0.25, 0.3) is 0 Å². The third kappa shape index (κ3) is 2.69. The van der Waals surface area contributed by atoms with Gasteiger partial charge in [-0.25, -0.2) is 0 Å². The van der Waals surface area contributed by atoms with Crippen molar-refractivity contribution >= 4 is 17.3 Å². The van der Waals surface area contributed by atoms with Crippen LogP contribution in [0, 0.1) is 6.92 Å². The third-order valence-corrected chi connectivity index (χ3v) is 3.36. The summed E-state index contributed by atoms with van der Waals surface area (Å²) in [6.45, 7) is 5.03. The molecule has 1 aliphatic heterocycles. The molecule has 0 radical (unpaired) electrons. The molecular formula is C13H18ClNO. The number of halogens is 1. The van der Waals surface area contributed by atoms with E-state index in [2.05, 4.69) is 25.2 Å². The predicted molar refractivity (Wildman–Crippen MR) is 68.2 cm³/mol. The van der Waals surface area contributed by atoms with Gasteiger partial charge in [-0.05, 0) is 38.3 Å². The van der Waals surface area contributed by atoms with Crippen LogP contribution in [0.5, 0.6) is 0 Å². The Bertz CT molecular complexity index is 347. The molecule has 2 nitrogen and oxygen atoms in total. The van der Waals surface area contributed by atoms with Crippen molar-refractivity contribution < 1.29 is 4.74 Å². The van der Waals surface area contributed by atoms with Crippen LogP contribution >= 0.6 is 11.6 Å². The minimum Gasteiger partial charge on any atom is -0.381 e. The molecular weight excluding hydrogens is 222 g/mol. The van der Waals surface area contributed by atoms with Crippen LogP contribution in [0.4, 0.5) is 5.69 Å². The number of aryl methyl sites for hydroxylation is 1. The van der Waals surface area contributed by atoms with Crippen molar-refractivity contribution in [3.63, 3.8) is 0 Å². The molecule has 16 heavy (non-hydrogen) atoms. The van der Waals surface area contributed by atoms with Gasteiger partial charge in [-0.3, -0.25) is 0 Å². The number of hydrogen-bond acceptors (Lipinski definition) is 2. The van der Waals surface area contributed by atoms with Crippen molar-refractivity contribution in [2.75, 3.05) is 11.9 Å². The van der Waals surface area contributed by atoms with E-state index in [1.54, 1.807) is 0 Å². The predicted octanol–water partition coefficient (Wildman–Crippen LogP) is 3.63. The number of rotatable bonds is 3. The zero-order valence-corrected chi connectivity index (χ0v) is 10.6. The highest BCUT2D eigenvalue weighted by molar-refractivity contribution is 6.33. The van der Waals surface area contributed by atoms with Crippen LogP contribution in [-0.2, 0) is 4.74 Å². The van der Waals surface area contributed by atoms with E-state index in [1.165, 1.54) is 5.56 Å². The Labute approximate surface area is 102 Å². The van der Waals surface area contributed by atoms with E-state index < -0.39 is 0 Å². The molecule has 0 bridgehead atoms. The van der Waals surface area contributed by atoms with Gasteiger partial charge in [0.25, 0.3) is 0 Å². The molecule has 0 saturated carbocycles. The summed E-state index contributed by atoms with van der Waals surface area (Å²) in [5, 5.41) is 4.17. The maximum atomic E-state index is 6.14. The van der Waals surface area contributed by atoms with E-state index in [0.29, 0.717) is 12.2 Å². The smallest absolute Gasteiger partial charge is 0.0751 e. The molecule has 2 unspecified atom stereocenters. The van der Waals surface area contributed by atoms with Crippen molar-refractivity contribution in [3.8, 4) is 0 Å². The van der Waals surface area contributed by atoms with Gasteiger partial charge < -0.3 is 10.1 Å². The van der Waals surface area contributed by atoms with E-state index >= 15 is 0 Å². The fourth-order valence-electron chi connectivity index (χ4n) is 2.11. The van der Waals surface area contributed by atoms with Gasteiger partial charge in [0.15, 0.2) is 0 Å². The molecule has 3 heteroatoms. The highest BCUT2D eigenvalue weighted by atomic mass is 35.5. The van der Waals surface area contributed by atoms with Crippen LogP contribution in [-0.4, -0.2) is 18.8 Å². The molecule has 1 fully saturated rings. The van der Waals surface area contributed by atoms with E-state index in [0.717, 1.165) is 30.1 Å². The molecule has 0 aromatic heterocycles. The number of ether oxygens (including phenoxy) is 1. The largest absolute Gasteiger partial charge is 0.381 e. The van der Waals surface area contributed by atoms with E-state index in [-0.39, 0.29) is 0 Å². The Morgan fingerprint density at radius 3 is 2.88 bits per heavy atom. The summed E-state index contributed by atoms with van der Waals surface area (Å²) in [4.78, 5) is 0. The first-order valence-corrected chi connectivity index (χ1v) is 6.19. The Morgan fingerprint density at radius 2 is 2.25 bits per heavy atom. The van der Waals surface area contributed by atoms with Crippen molar-refractivity contribution in [2.24, 2.45) is 0 Å². The molecule has 1 N–H and O–H groups in total. The molecule has 1 aromatic carbocycles. The maximum absolute atomic E-state index is 6.14. The second-order valence-electron chi connectivity index (χ2n) is 4.46. The lowest BCUT2D eigenvalue weighted by Crippen LogP contribution is -2.20. The number of hydrogen-bond donors (Lipinski definition) is 1. The second-order valence-corrected chi connectivity index (χ2v) is 4.87. The van der Waals surface area contributed by atoms with Gasteiger partial charge >= 0.3 is 0 Å². The fraction of sp³-hybridized carbons (Fsp3) is 0.538. The lowest BCUT2D eigenvalue weighted by molar-refractivity contribution is 0.0637.